The second-order valence-corrected chi connectivity index (χ2v) is 7.20. The Labute approximate surface area is 157 Å². The second-order valence-electron chi connectivity index (χ2n) is 6.42. The van der Waals surface area contributed by atoms with Crippen LogP contribution in [-0.4, -0.2) is 59.8 Å². The zero-order chi connectivity index (χ0) is 18.5. The zero-order valence-corrected chi connectivity index (χ0v) is 14.8. The number of aliphatic hydroxyl groups excluding tert-OH is 3. The fourth-order valence-corrected chi connectivity index (χ4v) is 4.32. The molecular formula is C18H16N4O4S. The molecule has 1 fully saturated rings. The maximum absolute atomic E-state index is 10.5. The fraction of sp³-hybridized carbons (Fsp3) is 0.278. The average Bonchev–Trinajstić information content (AvgIpc) is 3.40. The lowest BCUT2D eigenvalue weighted by molar-refractivity contribution is -0.0490. The first-order valence-electron chi connectivity index (χ1n) is 8.44. The van der Waals surface area contributed by atoms with Crippen LogP contribution in [0.25, 0.3) is 33.2 Å². The van der Waals surface area contributed by atoms with E-state index in [1.54, 1.807) is 28.3 Å². The van der Waals surface area contributed by atoms with Crippen molar-refractivity contribution in [2.24, 2.45) is 0 Å². The van der Waals surface area contributed by atoms with Gasteiger partial charge in [0.15, 0.2) is 6.23 Å². The molecule has 4 aromatic heterocycles. The van der Waals surface area contributed by atoms with E-state index in [2.05, 4.69) is 15.0 Å². The molecule has 1 saturated heterocycles. The Balaban J connectivity index is 1.82. The molecule has 9 heteroatoms. The van der Waals surface area contributed by atoms with E-state index < -0.39 is 24.5 Å². The van der Waals surface area contributed by atoms with Crippen molar-refractivity contribution in [1.29, 1.82) is 0 Å². The maximum atomic E-state index is 10.5. The molecule has 138 valence electrons. The number of aromatic nitrogens is 4. The topological polar surface area (TPSA) is 114 Å². The Kier molecular flexibility index (Phi) is 3.92. The maximum Gasteiger partial charge on any atom is 0.165 e. The van der Waals surface area contributed by atoms with Gasteiger partial charge < -0.3 is 20.1 Å². The van der Waals surface area contributed by atoms with E-state index in [0.717, 1.165) is 22.0 Å². The van der Waals surface area contributed by atoms with Gasteiger partial charge in [0.1, 0.15) is 30.3 Å². The Morgan fingerprint density at radius 3 is 2.81 bits per heavy atom. The highest BCUT2D eigenvalue weighted by molar-refractivity contribution is 7.08. The molecule has 0 spiro atoms. The molecule has 8 nitrogen and oxygen atoms in total. The number of pyridine rings is 1. The summed E-state index contributed by atoms with van der Waals surface area (Å²) in [5, 5.41) is 35.8. The van der Waals surface area contributed by atoms with Gasteiger partial charge in [0, 0.05) is 22.5 Å². The highest BCUT2D eigenvalue weighted by Gasteiger charge is 2.44. The molecule has 0 aliphatic carbocycles. The third-order valence-corrected chi connectivity index (χ3v) is 5.63. The van der Waals surface area contributed by atoms with Crippen molar-refractivity contribution in [3.8, 4) is 11.3 Å². The number of hydrogen-bond acceptors (Lipinski definition) is 8. The minimum absolute atomic E-state index is 0.390. The smallest absolute Gasteiger partial charge is 0.165 e. The lowest BCUT2D eigenvalue weighted by Crippen LogP contribution is -2.33. The predicted molar refractivity (Wildman–Crippen MR) is 99.2 cm³/mol. The summed E-state index contributed by atoms with van der Waals surface area (Å²) in [6.07, 6.45) is 0.665. The summed E-state index contributed by atoms with van der Waals surface area (Å²) in [6.45, 7) is -0.390. The number of nitrogens with zero attached hydrogens (tertiary/aromatic N) is 4. The lowest BCUT2D eigenvalue weighted by atomic mass is 10.1. The third kappa shape index (κ3) is 2.40. The molecule has 0 radical (unpaired) electrons. The first kappa shape index (κ1) is 16.7. The van der Waals surface area contributed by atoms with Gasteiger partial charge in [-0.05, 0) is 17.5 Å². The third-order valence-electron chi connectivity index (χ3n) is 4.95. The van der Waals surface area contributed by atoms with Gasteiger partial charge in [-0.1, -0.05) is 0 Å². The van der Waals surface area contributed by atoms with E-state index in [9.17, 15) is 15.3 Å². The second kappa shape index (κ2) is 6.32. The van der Waals surface area contributed by atoms with Crippen LogP contribution in [0.2, 0.25) is 0 Å². The largest absolute Gasteiger partial charge is 0.394 e. The van der Waals surface area contributed by atoms with E-state index in [1.807, 2.05) is 22.9 Å². The highest BCUT2D eigenvalue weighted by Crippen LogP contribution is 2.39. The molecule has 27 heavy (non-hydrogen) atoms. The van der Waals surface area contributed by atoms with E-state index in [0.29, 0.717) is 11.2 Å². The number of hydrogen-bond donors (Lipinski definition) is 3. The first-order chi connectivity index (χ1) is 13.2. The van der Waals surface area contributed by atoms with Gasteiger partial charge in [-0.15, -0.1) is 0 Å². The molecular weight excluding hydrogens is 368 g/mol. The quantitative estimate of drug-likeness (QED) is 0.488. The Bertz CT molecular complexity index is 1110. The fourth-order valence-electron chi connectivity index (χ4n) is 3.68. The Morgan fingerprint density at radius 1 is 1.19 bits per heavy atom. The van der Waals surface area contributed by atoms with Gasteiger partial charge in [0.25, 0.3) is 0 Å². The predicted octanol–water partition coefficient (Wildman–Crippen LogP) is 1.32. The zero-order valence-electron chi connectivity index (χ0n) is 14.0. The van der Waals surface area contributed by atoms with E-state index >= 15 is 0 Å². The van der Waals surface area contributed by atoms with Crippen molar-refractivity contribution >= 4 is 33.3 Å². The molecule has 5 heterocycles. The number of thiophene rings is 1. The number of fused-ring (bicyclic) bond motifs is 3. The summed E-state index contributed by atoms with van der Waals surface area (Å²) >= 11 is 1.58. The summed E-state index contributed by atoms with van der Waals surface area (Å²) < 4.78 is 7.47. The molecule has 0 unspecified atom stereocenters. The van der Waals surface area contributed by atoms with Crippen LogP contribution < -0.4 is 0 Å². The van der Waals surface area contributed by atoms with Crippen molar-refractivity contribution in [2.45, 2.75) is 24.5 Å². The molecule has 0 bridgehead atoms. The normalized spacial score (nSPS) is 25.6. The van der Waals surface area contributed by atoms with Gasteiger partial charge in [-0.2, -0.15) is 11.3 Å². The summed E-state index contributed by atoms with van der Waals surface area (Å²) in [4.78, 5) is 13.1. The first-order valence-corrected chi connectivity index (χ1v) is 9.38. The van der Waals surface area contributed by atoms with Gasteiger partial charge >= 0.3 is 0 Å². The lowest BCUT2D eigenvalue weighted by Gasteiger charge is -2.18. The van der Waals surface area contributed by atoms with Crippen LogP contribution >= 0.6 is 11.3 Å². The van der Waals surface area contributed by atoms with E-state index in [4.69, 9.17) is 4.74 Å². The summed E-state index contributed by atoms with van der Waals surface area (Å²) in [7, 11) is 0. The molecule has 0 saturated carbocycles. The monoisotopic (exact) mass is 384 g/mol. The standard InChI is InChI=1S/C18H16N4O4S/c23-6-12-15(24)16(25)18(26-12)22-11-5-19-3-1-10(11)13-14(9-2-4-27-7-9)20-8-21-17(13)22/h1-5,7-8,12,15-16,18,23-25H,6H2/t12-,15-,16-,18-/m1/s1. The van der Waals surface area contributed by atoms with Gasteiger partial charge in [-0.25, -0.2) is 9.97 Å². The molecule has 3 N–H and O–H groups in total. The van der Waals surface area contributed by atoms with Crippen LogP contribution in [-0.2, 0) is 4.74 Å². The Hall–Kier alpha value is -2.43. The van der Waals surface area contributed by atoms with Crippen molar-refractivity contribution in [1.82, 2.24) is 19.5 Å². The van der Waals surface area contributed by atoms with Crippen molar-refractivity contribution in [2.75, 3.05) is 6.61 Å². The van der Waals surface area contributed by atoms with Crippen molar-refractivity contribution < 1.29 is 20.1 Å². The summed E-state index contributed by atoms with van der Waals surface area (Å²) in [5.41, 5.74) is 3.04. The number of aliphatic hydroxyl groups is 3. The molecule has 4 atom stereocenters. The summed E-state index contributed by atoms with van der Waals surface area (Å²) in [6, 6.07) is 3.86. The van der Waals surface area contributed by atoms with Crippen molar-refractivity contribution in [3.63, 3.8) is 0 Å². The van der Waals surface area contributed by atoms with Crippen LogP contribution in [0, 0.1) is 0 Å². The summed E-state index contributed by atoms with van der Waals surface area (Å²) in [5.74, 6) is 0. The van der Waals surface area contributed by atoms with Crippen LogP contribution in [0.5, 0.6) is 0 Å². The van der Waals surface area contributed by atoms with E-state index in [-0.39, 0.29) is 6.61 Å². The van der Waals surface area contributed by atoms with Gasteiger partial charge in [-0.3, -0.25) is 9.55 Å². The van der Waals surface area contributed by atoms with E-state index in [1.165, 1.54) is 6.33 Å². The molecule has 1 aliphatic rings. The average molecular weight is 384 g/mol. The van der Waals surface area contributed by atoms with Gasteiger partial charge in [0.2, 0.25) is 0 Å². The molecule has 5 rings (SSSR count). The molecule has 4 aromatic rings. The number of ether oxygens (including phenoxy) is 1. The van der Waals surface area contributed by atoms with Crippen LogP contribution in [0.3, 0.4) is 0 Å². The van der Waals surface area contributed by atoms with Crippen LogP contribution in [0.1, 0.15) is 6.23 Å². The molecule has 1 aliphatic heterocycles. The van der Waals surface area contributed by atoms with Crippen molar-refractivity contribution in [3.05, 3.63) is 41.6 Å². The molecule has 0 amide bonds. The Morgan fingerprint density at radius 2 is 2.07 bits per heavy atom. The van der Waals surface area contributed by atoms with Crippen LogP contribution in [0.15, 0.2) is 41.6 Å². The SMILES string of the molecule is OC[C@H]1O[C@@H](n2c3cnccc3c3c(-c4ccsc4)ncnc32)[C@H](O)[C@@H]1O. The van der Waals surface area contributed by atoms with Crippen LogP contribution in [0.4, 0.5) is 0 Å². The number of rotatable bonds is 3. The highest BCUT2D eigenvalue weighted by atomic mass is 32.1. The minimum atomic E-state index is -1.21. The molecule has 0 aromatic carbocycles. The van der Waals surface area contributed by atoms with Gasteiger partial charge in [0.05, 0.1) is 29.4 Å². The minimum Gasteiger partial charge on any atom is -0.394 e.